The van der Waals surface area contributed by atoms with Crippen molar-refractivity contribution in [3.05, 3.63) is 0 Å². The van der Waals surface area contributed by atoms with E-state index in [1.807, 2.05) is 0 Å². The van der Waals surface area contributed by atoms with Gasteiger partial charge in [0.2, 0.25) is 0 Å². The van der Waals surface area contributed by atoms with Gasteiger partial charge in [0.05, 0.1) is 11.9 Å². The number of hydrogen-bond donors (Lipinski definition) is 1. The van der Waals surface area contributed by atoms with Gasteiger partial charge in [-0.25, -0.2) is 0 Å². The Kier molecular flexibility index (Phi) is 3.47. The molecule has 0 saturated carbocycles. The smallest absolute Gasteiger partial charge is 0.264 e. The van der Waals surface area contributed by atoms with E-state index >= 15 is 0 Å². The Balaban J connectivity index is 4.13. The normalized spacial score (nSPS) is 13.5. The van der Waals surface area contributed by atoms with E-state index in [0.717, 1.165) is 6.26 Å². The molecular formula is C6H14O4S. The fourth-order valence-corrected chi connectivity index (χ4v) is 1.62. The lowest BCUT2D eigenvalue weighted by Gasteiger charge is -2.21. The summed E-state index contributed by atoms with van der Waals surface area (Å²) in [5, 5.41) is 8.52. The standard InChI is InChI=1S/C6H14O4S/c1-6(2,4-5-7)10-11(3,8)9/h7H,4-5H2,1-3H3. The maximum absolute atomic E-state index is 10.6. The van der Waals surface area contributed by atoms with Crippen LogP contribution < -0.4 is 0 Å². The molecule has 0 spiro atoms. The molecule has 0 aromatic carbocycles. The minimum absolute atomic E-state index is 0.0808. The Bertz CT molecular complexity index is 205. The van der Waals surface area contributed by atoms with Gasteiger partial charge in [0, 0.05) is 13.0 Å². The van der Waals surface area contributed by atoms with E-state index in [0.29, 0.717) is 6.42 Å². The Morgan fingerprint density at radius 1 is 1.45 bits per heavy atom. The van der Waals surface area contributed by atoms with Crippen molar-refractivity contribution in [2.75, 3.05) is 12.9 Å². The first-order valence-electron chi connectivity index (χ1n) is 3.28. The molecule has 0 bridgehead atoms. The van der Waals surface area contributed by atoms with Crippen molar-refractivity contribution in [1.82, 2.24) is 0 Å². The molecule has 0 rings (SSSR count). The minimum atomic E-state index is -3.42. The summed E-state index contributed by atoms with van der Waals surface area (Å²) in [4.78, 5) is 0. The summed E-state index contributed by atoms with van der Waals surface area (Å²) in [5.74, 6) is 0. The molecule has 0 unspecified atom stereocenters. The molecule has 4 nitrogen and oxygen atoms in total. The largest absolute Gasteiger partial charge is 0.396 e. The molecule has 0 aliphatic rings. The van der Waals surface area contributed by atoms with E-state index < -0.39 is 15.7 Å². The van der Waals surface area contributed by atoms with Crippen LogP contribution in [0.3, 0.4) is 0 Å². The van der Waals surface area contributed by atoms with Gasteiger partial charge in [0.25, 0.3) is 10.1 Å². The second-order valence-electron chi connectivity index (χ2n) is 3.02. The molecule has 5 heteroatoms. The van der Waals surface area contributed by atoms with Crippen molar-refractivity contribution in [3.8, 4) is 0 Å². The van der Waals surface area contributed by atoms with E-state index in [1.165, 1.54) is 0 Å². The first-order valence-corrected chi connectivity index (χ1v) is 5.10. The molecule has 0 aliphatic heterocycles. The number of aliphatic hydroxyl groups excluding tert-OH is 1. The van der Waals surface area contributed by atoms with Crippen LogP contribution in [0.5, 0.6) is 0 Å². The second-order valence-corrected chi connectivity index (χ2v) is 4.60. The highest BCUT2D eigenvalue weighted by Gasteiger charge is 2.22. The van der Waals surface area contributed by atoms with Gasteiger partial charge in [-0.15, -0.1) is 0 Å². The fraction of sp³-hybridized carbons (Fsp3) is 1.00. The molecule has 1 N–H and O–H groups in total. The molecule has 0 saturated heterocycles. The van der Waals surface area contributed by atoms with Crippen molar-refractivity contribution in [2.24, 2.45) is 0 Å². The second kappa shape index (κ2) is 3.51. The molecule has 0 amide bonds. The number of aliphatic hydroxyl groups is 1. The molecule has 0 heterocycles. The van der Waals surface area contributed by atoms with E-state index in [1.54, 1.807) is 13.8 Å². The van der Waals surface area contributed by atoms with Gasteiger partial charge in [0.15, 0.2) is 0 Å². The first-order chi connectivity index (χ1) is 4.77. The molecule has 0 aromatic heterocycles. The predicted octanol–water partition coefficient (Wildman–Crippen LogP) is 0.124. The summed E-state index contributed by atoms with van der Waals surface area (Å²) in [5.41, 5.74) is -0.803. The van der Waals surface area contributed by atoms with Gasteiger partial charge in [-0.1, -0.05) is 0 Å². The van der Waals surface area contributed by atoms with E-state index in [4.69, 9.17) is 5.11 Å². The van der Waals surface area contributed by atoms with Crippen molar-refractivity contribution in [2.45, 2.75) is 25.9 Å². The van der Waals surface area contributed by atoms with Crippen LogP contribution in [-0.2, 0) is 14.3 Å². The summed E-state index contributed by atoms with van der Waals surface area (Å²) in [6.45, 7) is 3.15. The molecule has 0 fully saturated rings. The Morgan fingerprint density at radius 2 is 1.91 bits per heavy atom. The van der Waals surface area contributed by atoms with Gasteiger partial charge in [-0.05, 0) is 13.8 Å². The summed E-state index contributed by atoms with van der Waals surface area (Å²) in [6, 6.07) is 0. The van der Waals surface area contributed by atoms with Crippen LogP contribution in [0.25, 0.3) is 0 Å². The molecule has 0 radical (unpaired) electrons. The van der Waals surface area contributed by atoms with Gasteiger partial charge in [0.1, 0.15) is 0 Å². The third kappa shape index (κ3) is 6.28. The lowest BCUT2D eigenvalue weighted by molar-refractivity contribution is 0.0848. The van der Waals surface area contributed by atoms with Crippen molar-refractivity contribution in [3.63, 3.8) is 0 Å². The topological polar surface area (TPSA) is 63.6 Å². The average Bonchev–Trinajstić information content (AvgIpc) is 1.55. The molecule has 68 valence electrons. The van der Waals surface area contributed by atoms with Gasteiger partial charge in [-0.2, -0.15) is 8.42 Å². The molecule has 0 atom stereocenters. The Hall–Kier alpha value is -0.130. The van der Waals surface area contributed by atoms with Gasteiger partial charge >= 0.3 is 0 Å². The van der Waals surface area contributed by atoms with E-state index in [2.05, 4.69) is 4.18 Å². The van der Waals surface area contributed by atoms with Crippen LogP contribution in [0.4, 0.5) is 0 Å². The van der Waals surface area contributed by atoms with Crippen LogP contribution in [0, 0.1) is 0 Å². The zero-order chi connectivity index (χ0) is 9.12. The van der Waals surface area contributed by atoms with Crippen LogP contribution in [0.2, 0.25) is 0 Å². The number of rotatable bonds is 4. The Morgan fingerprint density at radius 3 is 2.18 bits per heavy atom. The quantitative estimate of drug-likeness (QED) is 0.627. The van der Waals surface area contributed by atoms with E-state index in [-0.39, 0.29) is 6.61 Å². The molecule has 0 aromatic rings. The molecule has 11 heavy (non-hydrogen) atoms. The zero-order valence-corrected chi connectivity index (χ0v) is 7.81. The van der Waals surface area contributed by atoms with Crippen molar-refractivity contribution in [1.29, 1.82) is 0 Å². The van der Waals surface area contributed by atoms with Gasteiger partial charge < -0.3 is 5.11 Å². The highest BCUT2D eigenvalue weighted by atomic mass is 32.2. The minimum Gasteiger partial charge on any atom is -0.396 e. The average molecular weight is 182 g/mol. The van der Waals surface area contributed by atoms with Crippen LogP contribution in [-0.4, -0.2) is 32.0 Å². The maximum atomic E-state index is 10.6. The predicted molar refractivity (Wildman–Crippen MR) is 41.7 cm³/mol. The SMILES string of the molecule is CC(C)(CCO)OS(C)(=O)=O. The summed E-state index contributed by atoms with van der Waals surface area (Å²) in [7, 11) is -3.42. The summed E-state index contributed by atoms with van der Waals surface area (Å²) < 4.78 is 25.9. The van der Waals surface area contributed by atoms with E-state index in [9.17, 15) is 8.42 Å². The van der Waals surface area contributed by atoms with Crippen LogP contribution >= 0.6 is 0 Å². The highest BCUT2D eigenvalue weighted by molar-refractivity contribution is 7.86. The lowest BCUT2D eigenvalue weighted by Crippen LogP contribution is -2.28. The summed E-state index contributed by atoms with van der Waals surface area (Å²) in [6.07, 6.45) is 1.30. The van der Waals surface area contributed by atoms with Crippen molar-refractivity contribution >= 4 is 10.1 Å². The molecular weight excluding hydrogens is 168 g/mol. The van der Waals surface area contributed by atoms with Crippen LogP contribution in [0.1, 0.15) is 20.3 Å². The zero-order valence-electron chi connectivity index (χ0n) is 6.99. The number of hydrogen-bond acceptors (Lipinski definition) is 4. The third-order valence-corrected chi connectivity index (χ3v) is 1.84. The van der Waals surface area contributed by atoms with Gasteiger partial charge in [-0.3, -0.25) is 4.18 Å². The van der Waals surface area contributed by atoms with Crippen LogP contribution in [0.15, 0.2) is 0 Å². The monoisotopic (exact) mass is 182 g/mol. The highest BCUT2D eigenvalue weighted by Crippen LogP contribution is 2.15. The third-order valence-electron chi connectivity index (χ3n) is 1.09. The first kappa shape index (κ1) is 10.9. The fourth-order valence-electron chi connectivity index (χ4n) is 0.721. The van der Waals surface area contributed by atoms with Crippen molar-refractivity contribution < 1.29 is 17.7 Å². The maximum Gasteiger partial charge on any atom is 0.264 e. The Labute approximate surface area is 67.3 Å². The lowest BCUT2D eigenvalue weighted by atomic mass is 10.1. The summed E-state index contributed by atoms with van der Waals surface area (Å²) >= 11 is 0. The molecule has 0 aliphatic carbocycles.